The maximum absolute atomic E-state index is 10.1. The van der Waals surface area contributed by atoms with E-state index in [1.807, 2.05) is 6.07 Å². The zero-order valence-corrected chi connectivity index (χ0v) is 12.6. The molecule has 2 aromatic rings. The highest BCUT2D eigenvalue weighted by atomic mass is 35.5. The van der Waals surface area contributed by atoms with E-state index in [4.69, 9.17) is 16.3 Å². The highest BCUT2D eigenvalue weighted by molar-refractivity contribution is 6.30. The van der Waals surface area contributed by atoms with Crippen molar-refractivity contribution < 1.29 is 9.84 Å². The molecule has 1 aliphatic rings. The van der Waals surface area contributed by atoms with Gasteiger partial charge in [0.25, 0.3) is 0 Å². The lowest BCUT2D eigenvalue weighted by atomic mass is 10.1. The Labute approximate surface area is 129 Å². The maximum Gasteiger partial charge on any atom is 0.162 e. The van der Waals surface area contributed by atoms with Gasteiger partial charge in [-0.3, -0.25) is 0 Å². The van der Waals surface area contributed by atoms with Crippen LogP contribution in [0.5, 0.6) is 11.5 Å². The van der Waals surface area contributed by atoms with Crippen LogP contribution in [0.3, 0.4) is 0 Å². The average Bonchev–Trinajstić information content (AvgIpc) is 3.28. The van der Waals surface area contributed by atoms with Crippen molar-refractivity contribution >= 4 is 11.6 Å². The minimum absolute atomic E-state index is 0.159. The normalized spacial score (nSPS) is 20.3. The van der Waals surface area contributed by atoms with Crippen molar-refractivity contribution in [2.24, 2.45) is 0 Å². The molecule has 21 heavy (non-hydrogen) atoms. The molecular formula is C17H18ClNO2. The van der Waals surface area contributed by atoms with Crippen molar-refractivity contribution in [3.8, 4) is 11.5 Å². The lowest BCUT2D eigenvalue weighted by Gasteiger charge is -2.11. The number of phenols is 1. The zero-order chi connectivity index (χ0) is 14.8. The number of halogens is 1. The fraction of sp³-hybridized carbons (Fsp3) is 0.294. The van der Waals surface area contributed by atoms with Gasteiger partial charge in [0.2, 0.25) is 0 Å². The summed E-state index contributed by atoms with van der Waals surface area (Å²) in [6.07, 6.45) is 1.13. The van der Waals surface area contributed by atoms with E-state index in [1.54, 1.807) is 12.1 Å². The molecule has 3 nitrogen and oxygen atoms in total. The molecule has 1 fully saturated rings. The molecule has 1 saturated carbocycles. The van der Waals surface area contributed by atoms with Crippen LogP contribution < -0.4 is 10.1 Å². The summed E-state index contributed by atoms with van der Waals surface area (Å²) in [6.45, 7) is 0.580. The van der Waals surface area contributed by atoms with Gasteiger partial charge in [-0.15, -0.1) is 0 Å². The molecular weight excluding hydrogens is 286 g/mol. The molecule has 0 aliphatic heterocycles. The van der Waals surface area contributed by atoms with Gasteiger partial charge in [0.1, 0.15) is 0 Å². The molecule has 2 atom stereocenters. The highest BCUT2D eigenvalue weighted by Gasteiger charge is 2.37. The van der Waals surface area contributed by atoms with E-state index < -0.39 is 0 Å². The SMILES string of the molecule is COc1cc(Cl)cc(CNC2CC2c2ccccc2)c1O. The standard InChI is InChI=1S/C17H18ClNO2/c1-21-16-8-13(18)7-12(17(16)20)10-19-15-9-14(15)11-5-3-2-4-6-11/h2-8,14-15,19-20H,9-10H2,1H3. The topological polar surface area (TPSA) is 41.5 Å². The molecule has 0 amide bonds. The van der Waals surface area contributed by atoms with Crippen molar-refractivity contribution in [2.75, 3.05) is 7.11 Å². The number of hydrogen-bond acceptors (Lipinski definition) is 3. The summed E-state index contributed by atoms with van der Waals surface area (Å²) in [5.41, 5.74) is 2.13. The average molecular weight is 304 g/mol. The van der Waals surface area contributed by atoms with Crippen molar-refractivity contribution in [2.45, 2.75) is 24.9 Å². The van der Waals surface area contributed by atoms with Crippen molar-refractivity contribution in [1.82, 2.24) is 5.32 Å². The molecule has 110 valence electrons. The van der Waals surface area contributed by atoms with Crippen molar-refractivity contribution in [3.63, 3.8) is 0 Å². The first-order valence-electron chi connectivity index (χ1n) is 7.02. The van der Waals surface area contributed by atoms with E-state index >= 15 is 0 Å². The van der Waals surface area contributed by atoms with E-state index in [1.165, 1.54) is 12.7 Å². The monoisotopic (exact) mass is 303 g/mol. The van der Waals surface area contributed by atoms with Crippen LogP contribution in [0.2, 0.25) is 5.02 Å². The predicted molar refractivity (Wildman–Crippen MR) is 84.1 cm³/mol. The quantitative estimate of drug-likeness (QED) is 0.885. The fourth-order valence-electron chi connectivity index (χ4n) is 2.65. The van der Waals surface area contributed by atoms with Crippen LogP contribution in [0, 0.1) is 0 Å². The van der Waals surface area contributed by atoms with Gasteiger partial charge in [-0.05, 0) is 18.1 Å². The van der Waals surface area contributed by atoms with Gasteiger partial charge in [-0.1, -0.05) is 41.9 Å². The van der Waals surface area contributed by atoms with Crippen LogP contribution in [0.15, 0.2) is 42.5 Å². The number of rotatable bonds is 5. The van der Waals surface area contributed by atoms with E-state index in [-0.39, 0.29) is 5.75 Å². The Morgan fingerprint density at radius 2 is 2.05 bits per heavy atom. The molecule has 3 rings (SSSR count). The van der Waals surface area contributed by atoms with Gasteiger partial charge in [0.05, 0.1) is 7.11 Å². The molecule has 0 radical (unpaired) electrons. The van der Waals surface area contributed by atoms with Gasteiger partial charge in [0, 0.05) is 35.2 Å². The third kappa shape index (κ3) is 3.14. The largest absolute Gasteiger partial charge is 0.504 e. The first-order valence-corrected chi connectivity index (χ1v) is 7.40. The van der Waals surface area contributed by atoms with Crippen LogP contribution in [0.25, 0.3) is 0 Å². The Hall–Kier alpha value is -1.71. The molecule has 0 heterocycles. The van der Waals surface area contributed by atoms with Crippen LogP contribution in [0.1, 0.15) is 23.5 Å². The molecule has 2 N–H and O–H groups in total. The Morgan fingerprint density at radius 1 is 1.29 bits per heavy atom. The van der Waals surface area contributed by atoms with E-state index in [9.17, 15) is 5.11 Å². The minimum Gasteiger partial charge on any atom is -0.504 e. The maximum atomic E-state index is 10.1. The minimum atomic E-state index is 0.159. The second kappa shape index (κ2) is 5.96. The Kier molecular flexibility index (Phi) is 4.04. The number of hydrogen-bond donors (Lipinski definition) is 2. The second-order valence-electron chi connectivity index (χ2n) is 5.36. The van der Waals surface area contributed by atoms with E-state index in [0.717, 1.165) is 12.0 Å². The number of nitrogens with one attached hydrogen (secondary N) is 1. The summed E-state index contributed by atoms with van der Waals surface area (Å²) >= 11 is 6.04. The number of benzene rings is 2. The summed E-state index contributed by atoms with van der Waals surface area (Å²) < 4.78 is 5.12. The fourth-order valence-corrected chi connectivity index (χ4v) is 2.88. The first kappa shape index (κ1) is 14.2. The molecule has 2 unspecified atom stereocenters. The molecule has 0 aromatic heterocycles. The second-order valence-corrected chi connectivity index (χ2v) is 5.79. The molecule has 4 heteroatoms. The van der Waals surface area contributed by atoms with E-state index in [2.05, 4.69) is 29.6 Å². The molecule has 1 aliphatic carbocycles. The van der Waals surface area contributed by atoms with Crippen LogP contribution >= 0.6 is 11.6 Å². The smallest absolute Gasteiger partial charge is 0.162 e. The number of aromatic hydroxyl groups is 1. The number of ether oxygens (including phenoxy) is 1. The van der Waals surface area contributed by atoms with Crippen LogP contribution in [-0.2, 0) is 6.54 Å². The number of phenolic OH excluding ortho intramolecular Hbond substituents is 1. The Balaban J connectivity index is 1.63. The molecule has 2 aromatic carbocycles. The predicted octanol–water partition coefficient (Wildman–Crippen LogP) is 3.70. The van der Waals surface area contributed by atoms with Gasteiger partial charge in [-0.25, -0.2) is 0 Å². The lowest BCUT2D eigenvalue weighted by molar-refractivity contribution is 0.369. The van der Waals surface area contributed by atoms with Gasteiger partial charge >= 0.3 is 0 Å². The third-order valence-electron chi connectivity index (χ3n) is 3.91. The van der Waals surface area contributed by atoms with Crippen LogP contribution in [0.4, 0.5) is 0 Å². The van der Waals surface area contributed by atoms with Crippen LogP contribution in [-0.4, -0.2) is 18.3 Å². The molecule has 0 saturated heterocycles. The molecule has 0 spiro atoms. The lowest BCUT2D eigenvalue weighted by Crippen LogP contribution is -2.17. The summed E-state index contributed by atoms with van der Waals surface area (Å²) in [5, 5.41) is 14.1. The summed E-state index contributed by atoms with van der Waals surface area (Å²) in [6, 6.07) is 14.3. The van der Waals surface area contributed by atoms with Crippen molar-refractivity contribution in [3.05, 3.63) is 58.6 Å². The summed E-state index contributed by atoms with van der Waals surface area (Å²) in [7, 11) is 1.52. The van der Waals surface area contributed by atoms with Gasteiger partial charge in [-0.2, -0.15) is 0 Å². The summed E-state index contributed by atoms with van der Waals surface area (Å²) in [4.78, 5) is 0. The first-order chi connectivity index (χ1) is 10.2. The Bertz CT molecular complexity index is 630. The van der Waals surface area contributed by atoms with Gasteiger partial charge < -0.3 is 15.2 Å². The zero-order valence-electron chi connectivity index (χ0n) is 11.8. The highest BCUT2D eigenvalue weighted by Crippen LogP contribution is 2.41. The third-order valence-corrected chi connectivity index (χ3v) is 4.13. The van der Waals surface area contributed by atoms with E-state index in [0.29, 0.717) is 29.3 Å². The number of methoxy groups -OCH3 is 1. The van der Waals surface area contributed by atoms with Crippen molar-refractivity contribution in [1.29, 1.82) is 0 Å². The summed E-state index contributed by atoms with van der Waals surface area (Å²) in [5.74, 6) is 1.13. The van der Waals surface area contributed by atoms with Gasteiger partial charge in [0.15, 0.2) is 11.5 Å². The Morgan fingerprint density at radius 3 is 2.76 bits per heavy atom. The molecule has 0 bridgehead atoms.